The van der Waals surface area contributed by atoms with Crippen LogP contribution in [-0.4, -0.2) is 24.0 Å². The van der Waals surface area contributed by atoms with Gasteiger partial charge in [-0.1, -0.05) is 0 Å². The van der Waals surface area contributed by atoms with E-state index in [1.165, 1.54) is 0 Å². The lowest BCUT2D eigenvalue weighted by Crippen LogP contribution is -2.24. The maximum absolute atomic E-state index is 9.46. The van der Waals surface area contributed by atoms with Gasteiger partial charge in [0.1, 0.15) is 0 Å². The number of nitrogens with two attached hydrogens (primary N) is 1. The summed E-state index contributed by atoms with van der Waals surface area (Å²) < 4.78 is 0. The van der Waals surface area contributed by atoms with Crippen molar-refractivity contribution in [2.75, 3.05) is 6.61 Å². The van der Waals surface area contributed by atoms with Crippen LogP contribution >= 0.6 is 0 Å². The summed E-state index contributed by atoms with van der Waals surface area (Å²) in [6, 6.07) is -0.419. The Morgan fingerprint density at radius 2 is 2.43 bits per heavy atom. The van der Waals surface area contributed by atoms with Crippen molar-refractivity contribution in [1.29, 1.82) is 0 Å². The van der Waals surface area contributed by atoms with Gasteiger partial charge in [-0.2, -0.15) is 0 Å². The van der Waals surface area contributed by atoms with Gasteiger partial charge >= 0.3 is 0 Å². The van der Waals surface area contributed by atoms with Crippen molar-refractivity contribution >= 4 is 6.29 Å². The van der Waals surface area contributed by atoms with Crippen LogP contribution in [0.3, 0.4) is 0 Å². The van der Waals surface area contributed by atoms with Gasteiger partial charge in [0.05, 0.1) is 6.61 Å². The molecule has 0 rings (SSSR count). The molecule has 0 aliphatic heterocycles. The van der Waals surface area contributed by atoms with Gasteiger partial charge < -0.3 is 10.8 Å². The maximum atomic E-state index is 9.46. The molecule has 0 heterocycles. The van der Waals surface area contributed by atoms with Crippen molar-refractivity contribution in [1.82, 2.24) is 0 Å². The van der Waals surface area contributed by atoms with Crippen LogP contribution in [-0.2, 0) is 4.79 Å². The lowest BCUT2D eigenvalue weighted by molar-refractivity contribution is 0.267. The molecular formula is C4H8NO2. The molecule has 0 bridgehead atoms. The Hall–Kier alpha value is -0.410. The van der Waals surface area contributed by atoms with Crippen molar-refractivity contribution in [2.24, 2.45) is 5.73 Å². The molecule has 0 aromatic carbocycles. The molecule has 3 nitrogen and oxygen atoms in total. The highest BCUT2D eigenvalue weighted by Crippen LogP contribution is 1.77. The lowest BCUT2D eigenvalue weighted by Gasteiger charge is -1.97. The van der Waals surface area contributed by atoms with Crippen LogP contribution in [0.5, 0.6) is 0 Å². The van der Waals surface area contributed by atoms with Crippen molar-refractivity contribution in [2.45, 2.75) is 12.5 Å². The zero-order valence-corrected chi connectivity index (χ0v) is 3.92. The minimum Gasteiger partial charge on any atom is -0.395 e. The summed E-state index contributed by atoms with van der Waals surface area (Å²) in [5.74, 6) is 0. The van der Waals surface area contributed by atoms with Crippen LogP contribution in [0, 0.1) is 0 Å². The quantitative estimate of drug-likeness (QED) is 0.470. The number of hydrogen-bond donors (Lipinski definition) is 2. The Kier molecular flexibility index (Phi) is 3.55. The number of rotatable bonds is 3. The first-order valence-corrected chi connectivity index (χ1v) is 2.02. The summed E-state index contributed by atoms with van der Waals surface area (Å²) in [7, 11) is 0. The molecule has 1 unspecified atom stereocenters. The molecule has 3 N–H and O–H groups in total. The van der Waals surface area contributed by atoms with Crippen molar-refractivity contribution in [3.05, 3.63) is 0 Å². The SMILES string of the molecule is NC(CO)C[C]=O. The highest BCUT2D eigenvalue weighted by atomic mass is 16.3. The summed E-state index contributed by atoms with van der Waals surface area (Å²) in [6.07, 6.45) is 1.70. The van der Waals surface area contributed by atoms with E-state index >= 15 is 0 Å². The van der Waals surface area contributed by atoms with Gasteiger partial charge in [0.25, 0.3) is 0 Å². The fourth-order valence-corrected chi connectivity index (χ4v) is 0.172. The molecule has 0 aliphatic carbocycles. The third kappa shape index (κ3) is 3.42. The molecule has 0 spiro atoms. The van der Waals surface area contributed by atoms with Gasteiger partial charge in [-0.05, 0) is 0 Å². The third-order valence-corrected chi connectivity index (χ3v) is 0.580. The van der Waals surface area contributed by atoms with Gasteiger partial charge in [-0.15, -0.1) is 0 Å². The Morgan fingerprint density at radius 3 is 2.57 bits per heavy atom. The second-order valence-corrected chi connectivity index (χ2v) is 1.29. The highest BCUT2D eigenvalue weighted by Gasteiger charge is 1.95. The number of aliphatic hydroxyl groups excluding tert-OH is 1. The van der Waals surface area contributed by atoms with Crippen LogP contribution in [0.15, 0.2) is 0 Å². The van der Waals surface area contributed by atoms with Crippen molar-refractivity contribution < 1.29 is 9.90 Å². The van der Waals surface area contributed by atoms with Gasteiger partial charge in [-0.3, -0.25) is 4.79 Å². The molecule has 0 aliphatic rings. The normalized spacial score (nSPS) is 13.4. The summed E-state index contributed by atoms with van der Waals surface area (Å²) in [6.45, 7) is -0.144. The fourth-order valence-electron chi connectivity index (χ4n) is 0.172. The predicted molar refractivity (Wildman–Crippen MR) is 25.4 cm³/mol. The molecule has 1 radical (unpaired) electrons. The summed E-state index contributed by atoms with van der Waals surface area (Å²) in [5.41, 5.74) is 5.07. The average Bonchev–Trinajstić information content (AvgIpc) is 1.68. The van der Waals surface area contributed by atoms with Crippen LogP contribution in [0.4, 0.5) is 0 Å². The second kappa shape index (κ2) is 3.77. The Bertz CT molecular complexity index is 55.7. The fraction of sp³-hybridized carbons (Fsp3) is 0.750. The van der Waals surface area contributed by atoms with Gasteiger partial charge in [0, 0.05) is 12.5 Å². The minimum absolute atomic E-state index is 0.122. The van der Waals surface area contributed by atoms with E-state index in [9.17, 15) is 4.79 Å². The summed E-state index contributed by atoms with van der Waals surface area (Å²) in [5, 5.41) is 8.16. The molecule has 3 heteroatoms. The molecule has 0 aromatic rings. The van der Waals surface area contributed by atoms with Gasteiger partial charge in [-0.25, -0.2) is 0 Å². The first-order valence-electron chi connectivity index (χ1n) is 2.02. The van der Waals surface area contributed by atoms with Crippen LogP contribution in [0.1, 0.15) is 6.42 Å². The monoisotopic (exact) mass is 102 g/mol. The molecule has 41 valence electrons. The topological polar surface area (TPSA) is 63.3 Å². The first kappa shape index (κ1) is 6.59. The van der Waals surface area contributed by atoms with Gasteiger partial charge in [0.2, 0.25) is 0 Å². The number of aliphatic hydroxyl groups is 1. The minimum atomic E-state index is -0.419. The maximum Gasteiger partial charge on any atom is 0.200 e. The van der Waals surface area contributed by atoms with E-state index in [2.05, 4.69) is 0 Å². The molecule has 1 atom stereocenters. The standard InChI is InChI=1S/C4H8NO2/c5-4(3-7)1-2-6/h4,7H,1,3,5H2. The second-order valence-electron chi connectivity index (χ2n) is 1.29. The van der Waals surface area contributed by atoms with E-state index < -0.39 is 6.04 Å². The van der Waals surface area contributed by atoms with Crippen molar-refractivity contribution in [3.63, 3.8) is 0 Å². The molecule has 7 heavy (non-hydrogen) atoms. The number of hydrogen-bond acceptors (Lipinski definition) is 3. The molecule has 0 amide bonds. The average molecular weight is 102 g/mol. The molecule has 0 aromatic heterocycles. The third-order valence-electron chi connectivity index (χ3n) is 0.580. The Morgan fingerprint density at radius 1 is 1.86 bits per heavy atom. The molecular weight excluding hydrogens is 94.0 g/mol. The van der Waals surface area contributed by atoms with Crippen LogP contribution in [0.2, 0.25) is 0 Å². The zero-order valence-electron chi connectivity index (χ0n) is 3.92. The summed E-state index contributed by atoms with van der Waals surface area (Å²) >= 11 is 0. The predicted octanol–water partition coefficient (Wildman–Crippen LogP) is -1.19. The van der Waals surface area contributed by atoms with E-state index in [1.54, 1.807) is 6.29 Å². The summed E-state index contributed by atoms with van der Waals surface area (Å²) in [4.78, 5) is 9.46. The Labute approximate surface area is 42.1 Å². The highest BCUT2D eigenvalue weighted by molar-refractivity contribution is 5.51. The zero-order chi connectivity index (χ0) is 5.70. The first-order chi connectivity index (χ1) is 3.31. The van der Waals surface area contributed by atoms with E-state index in [0.29, 0.717) is 0 Å². The van der Waals surface area contributed by atoms with Crippen LogP contribution in [0.25, 0.3) is 0 Å². The lowest BCUT2D eigenvalue weighted by atomic mass is 10.3. The van der Waals surface area contributed by atoms with E-state index in [0.717, 1.165) is 0 Å². The van der Waals surface area contributed by atoms with Crippen LogP contribution < -0.4 is 5.73 Å². The van der Waals surface area contributed by atoms with E-state index in [4.69, 9.17) is 10.8 Å². The number of carbonyl (C=O) groups excluding carboxylic acids is 1. The smallest absolute Gasteiger partial charge is 0.200 e. The Balaban J connectivity index is 2.98. The van der Waals surface area contributed by atoms with E-state index in [-0.39, 0.29) is 13.0 Å². The van der Waals surface area contributed by atoms with Gasteiger partial charge in [0.15, 0.2) is 6.29 Å². The molecule has 0 fully saturated rings. The van der Waals surface area contributed by atoms with Crippen molar-refractivity contribution in [3.8, 4) is 0 Å². The molecule has 0 saturated carbocycles. The van der Waals surface area contributed by atoms with E-state index in [1.807, 2.05) is 0 Å². The molecule has 0 saturated heterocycles. The largest absolute Gasteiger partial charge is 0.395 e.